The van der Waals surface area contributed by atoms with Gasteiger partial charge in [-0.25, -0.2) is 8.78 Å². The van der Waals surface area contributed by atoms with Crippen LogP contribution in [0, 0.1) is 11.6 Å². The van der Waals surface area contributed by atoms with Gasteiger partial charge < -0.3 is 10.1 Å². The third kappa shape index (κ3) is 5.31. The third-order valence-electron chi connectivity index (χ3n) is 6.32. The number of amides is 1. The summed E-state index contributed by atoms with van der Waals surface area (Å²) in [6, 6.07) is 25.3. The van der Waals surface area contributed by atoms with Crippen LogP contribution in [0.3, 0.4) is 0 Å². The molecule has 1 N–H and O–H groups in total. The van der Waals surface area contributed by atoms with E-state index in [9.17, 15) is 13.6 Å². The summed E-state index contributed by atoms with van der Waals surface area (Å²) in [5.41, 5.74) is 3.52. The number of thiophene rings is 1. The highest BCUT2D eigenvalue weighted by atomic mass is 32.1. The Balaban J connectivity index is 1.66. The van der Waals surface area contributed by atoms with Gasteiger partial charge in [0.25, 0.3) is 5.91 Å². The number of halogens is 2. The van der Waals surface area contributed by atoms with Gasteiger partial charge in [0.2, 0.25) is 0 Å². The minimum absolute atomic E-state index is 0.0657. The van der Waals surface area contributed by atoms with Gasteiger partial charge in [0, 0.05) is 6.54 Å². The largest absolute Gasteiger partial charge is 0.447 e. The fourth-order valence-corrected chi connectivity index (χ4v) is 5.26. The number of hydrogen-bond acceptors (Lipinski definition) is 3. The normalized spacial score (nSPS) is 11.5. The SMILES string of the molecule is CC(C)(C)c1c(-c2ccccc2)cc2cc(Oc3cccs3)ccc2c1C(=O)NCc1ccc(F)c(F)c1. The van der Waals surface area contributed by atoms with Crippen LogP contribution in [0.25, 0.3) is 21.9 Å². The number of nitrogens with one attached hydrogen (secondary N) is 1. The smallest absolute Gasteiger partial charge is 0.252 e. The molecule has 1 heterocycles. The summed E-state index contributed by atoms with van der Waals surface area (Å²) in [6.45, 7) is 6.32. The molecule has 3 nitrogen and oxygen atoms in total. The van der Waals surface area contributed by atoms with E-state index in [2.05, 4.69) is 32.2 Å². The van der Waals surface area contributed by atoms with Gasteiger partial charge in [-0.1, -0.05) is 57.2 Å². The standard InChI is InChI=1S/C32H27F2NO2S/c1-32(2,3)30-25(21-8-5-4-6-9-21)18-22-17-23(37-28-10-7-15-38-28)12-13-24(22)29(30)31(36)35-19-20-11-14-26(33)27(34)16-20/h4-18H,19H2,1-3H3,(H,35,36). The molecule has 0 saturated carbocycles. The van der Waals surface area contributed by atoms with Crippen molar-refractivity contribution < 1.29 is 18.3 Å². The molecule has 4 aromatic carbocycles. The second-order valence-corrected chi connectivity index (χ2v) is 11.0. The molecule has 0 spiro atoms. The molecule has 0 bridgehead atoms. The Labute approximate surface area is 224 Å². The zero-order valence-corrected chi connectivity index (χ0v) is 22.2. The topological polar surface area (TPSA) is 38.3 Å². The Bertz CT molecular complexity index is 1610. The molecule has 0 aliphatic carbocycles. The summed E-state index contributed by atoms with van der Waals surface area (Å²) < 4.78 is 33.2. The second kappa shape index (κ2) is 10.4. The van der Waals surface area contributed by atoms with Crippen molar-refractivity contribution in [2.45, 2.75) is 32.7 Å². The van der Waals surface area contributed by atoms with Gasteiger partial charge in [-0.15, -0.1) is 11.3 Å². The average molecular weight is 528 g/mol. The quantitative estimate of drug-likeness (QED) is 0.239. The number of rotatable bonds is 6. The Morgan fingerprint density at radius 2 is 1.68 bits per heavy atom. The van der Waals surface area contributed by atoms with Crippen molar-refractivity contribution >= 4 is 28.0 Å². The third-order valence-corrected chi connectivity index (χ3v) is 7.07. The molecule has 0 unspecified atom stereocenters. The summed E-state index contributed by atoms with van der Waals surface area (Å²) in [7, 11) is 0. The molecular formula is C32H27F2NO2S. The van der Waals surface area contributed by atoms with Gasteiger partial charge in [0.1, 0.15) is 5.75 Å². The molecular weight excluding hydrogens is 500 g/mol. The van der Waals surface area contributed by atoms with Gasteiger partial charge in [-0.2, -0.15) is 0 Å². The highest BCUT2D eigenvalue weighted by Gasteiger charge is 2.28. The zero-order chi connectivity index (χ0) is 26.9. The molecule has 6 heteroatoms. The summed E-state index contributed by atoms with van der Waals surface area (Å²) in [4.78, 5) is 13.9. The molecule has 0 aliphatic heterocycles. The lowest BCUT2D eigenvalue weighted by molar-refractivity contribution is 0.0950. The lowest BCUT2D eigenvalue weighted by Gasteiger charge is -2.28. The van der Waals surface area contributed by atoms with Crippen molar-refractivity contribution in [3.05, 3.63) is 119 Å². The van der Waals surface area contributed by atoms with Crippen molar-refractivity contribution in [1.29, 1.82) is 0 Å². The van der Waals surface area contributed by atoms with E-state index >= 15 is 0 Å². The predicted molar refractivity (Wildman–Crippen MR) is 150 cm³/mol. The molecule has 192 valence electrons. The predicted octanol–water partition coefficient (Wildman–Crippen LogP) is 8.87. The molecule has 5 aromatic rings. The highest BCUT2D eigenvalue weighted by Crippen LogP contribution is 2.41. The van der Waals surface area contributed by atoms with E-state index in [-0.39, 0.29) is 17.9 Å². The molecule has 1 amide bonds. The number of fused-ring (bicyclic) bond motifs is 1. The molecule has 5 rings (SSSR count). The maximum Gasteiger partial charge on any atom is 0.252 e. The van der Waals surface area contributed by atoms with Crippen LogP contribution in [0.5, 0.6) is 10.8 Å². The first-order chi connectivity index (χ1) is 18.2. The van der Waals surface area contributed by atoms with E-state index in [1.54, 1.807) is 0 Å². The van der Waals surface area contributed by atoms with Crippen molar-refractivity contribution in [2.24, 2.45) is 0 Å². The Morgan fingerprint density at radius 1 is 0.895 bits per heavy atom. The van der Waals surface area contributed by atoms with E-state index in [4.69, 9.17) is 4.74 Å². The number of carbonyl (C=O) groups is 1. The van der Waals surface area contributed by atoms with Crippen molar-refractivity contribution in [1.82, 2.24) is 5.32 Å². The molecule has 0 saturated heterocycles. The first-order valence-electron chi connectivity index (χ1n) is 12.3. The van der Waals surface area contributed by atoms with E-state index in [1.807, 2.05) is 66.0 Å². The van der Waals surface area contributed by atoms with Crippen LogP contribution in [0.4, 0.5) is 8.78 Å². The van der Waals surface area contributed by atoms with Crippen molar-refractivity contribution in [3.8, 4) is 21.9 Å². The van der Waals surface area contributed by atoms with E-state index < -0.39 is 11.6 Å². The van der Waals surface area contributed by atoms with Gasteiger partial charge in [0.05, 0.1) is 5.56 Å². The first kappa shape index (κ1) is 25.6. The average Bonchev–Trinajstić information content (AvgIpc) is 3.41. The molecule has 0 atom stereocenters. The minimum Gasteiger partial charge on any atom is -0.447 e. The van der Waals surface area contributed by atoms with Crippen LogP contribution in [0.1, 0.15) is 42.3 Å². The van der Waals surface area contributed by atoms with Gasteiger partial charge in [0.15, 0.2) is 16.7 Å². The Morgan fingerprint density at radius 3 is 2.37 bits per heavy atom. The van der Waals surface area contributed by atoms with Crippen LogP contribution < -0.4 is 10.1 Å². The number of benzene rings is 4. The van der Waals surface area contributed by atoms with Crippen LogP contribution in [-0.2, 0) is 12.0 Å². The number of carbonyl (C=O) groups excluding carboxylic acids is 1. The summed E-state index contributed by atoms with van der Waals surface area (Å²) >= 11 is 1.51. The fourth-order valence-electron chi connectivity index (χ4n) is 4.67. The molecule has 0 aliphatic rings. The van der Waals surface area contributed by atoms with Crippen LogP contribution in [-0.4, -0.2) is 5.91 Å². The fraction of sp³-hybridized carbons (Fsp3) is 0.156. The molecule has 0 radical (unpaired) electrons. The van der Waals surface area contributed by atoms with Crippen molar-refractivity contribution in [3.63, 3.8) is 0 Å². The van der Waals surface area contributed by atoms with E-state index in [0.29, 0.717) is 16.9 Å². The molecule has 0 fully saturated rings. The zero-order valence-electron chi connectivity index (χ0n) is 21.3. The Kier molecular flexibility index (Phi) is 7.00. The first-order valence-corrected chi connectivity index (χ1v) is 13.2. The summed E-state index contributed by atoms with van der Waals surface area (Å²) in [6.07, 6.45) is 0. The maximum absolute atomic E-state index is 13.9. The van der Waals surface area contributed by atoms with Gasteiger partial charge in [-0.05, 0) is 92.4 Å². The van der Waals surface area contributed by atoms with Crippen LogP contribution >= 0.6 is 11.3 Å². The van der Waals surface area contributed by atoms with Crippen molar-refractivity contribution in [2.75, 3.05) is 0 Å². The summed E-state index contributed by atoms with van der Waals surface area (Å²) in [5.74, 6) is -1.47. The highest BCUT2D eigenvalue weighted by molar-refractivity contribution is 7.11. The Hall–Kier alpha value is -4.03. The van der Waals surface area contributed by atoms with Crippen LogP contribution in [0.15, 0.2) is 90.3 Å². The lowest BCUT2D eigenvalue weighted by Crippen LogP contribution is -2.28. The number of ether oxygens (including phenoxy) is 1. The van der Waals surface area contributed by atoms with E-state index in [1.165, 1.54) is 17.4 Å². The number of hydrogen-bond donors (Lipinski definition) is 1. The van der Waals surface area contributed by atoms with Gasteiger partial charge >= 0.3 is 0 Å². The monoisotopic (exact) mass is 527 g/mol. The minimum atomic E-state index is -0.943. The van der Waals surface area contributed by atoms with Crippen LogP contribution in [0.2, 0.25) is 0 Å². The molecule has 1 aromatic heterocycles. The lowest BCUT2D eigenvalue weighted by atomic mass is 9.76. The summed E-state index contributed by atoms with van der Waals surface area (Å²) in [5, 5.41) is 7.33. The van der Waals surface area contributed by atoms with Gasteiger partial charge in [-0.3, -0.25) is 4.79 Å². The maximum atomic E-state index is 13.9. The molecule has 38 heavy (non-hydrogen) atoms. The van der Waals surface area contributed by atoms with E-state index in [0.717, 1.165) is 44.7 Å². The second-order valence-electron chi connectivity index (χ2n) is 10.1.